The first-order chi connectivity index (χ1) is 7.68. The molecule has 16 heavy (non-hydrogen) atoms. The van der Waals surface area contributed by atoms with Crippen molar-refractivity contribution in [1.82, 2.24) is 5.32 Å². The Morgan fingerprint density at radius 1 is 1.38 bits per heavy atom. The Hall–Kier alpha value is -0.120. The lowest BCUT2D eigenvalue weighted by Crippen LogP contribution is -2.25. The molecule has 3 nitrogen and oxygen atoms in total. The third-order valence-electron chi connectivity index (χ3n) is 2.93. The van der Waals surface area contributed by atoms with E-state index >= 15 is 0 Å². The second-order valence-corrected chi connectivity index (χ2v) is 5.03. The van der Waals surface area contributed by atoms with Gasteiger partial charge in [0.2, 0.25) is 0 Å². The molecule has 1 heterocycles. The summed E-state index contributed by atoms with van der Waals surface area (Å²) in [5, 5.41) is 3.42. The van der Waals surface area contributed by atoms with Gasteiger partial charge in [-0.1, -0.05) is 13.8 Å². The molecule has 1 aliphatic heterocycles. The second kappa shape index (κ2) is 8.04. The van der Waals surface area contributed by atoms with E-state index in [2.05, 4.69) is 26.1 Å². The molecule has 1 fully saturated rings. The average Bonchev–Trinajstić information content (AvgIpc) is 2.74. The van der Waals surface area contributed by atoms with E-state index in [1.54, 1.807) is 0 Å². The topological polar surface area (TPSA) is 30.5 Å². The van der Waals surface area contributed by atoms with Crippen LogP contribution in [-0.2, 0) is 9.47 Å². The quantitative estimate of drug-likeness (QED) is 0.648. The zero-order valence-electron chi connectivity index (χ0n) is 11.0. The van der Waals surface area contributed by atoms with E-state index in [9.17, 15) is 0 Å². The van der Waals surface area contributed by atoms with Crippen molar-refractivity contribution in [3.8, 4) is 0 Å². The highest BCUT2D eigenvalue weighted by molar-refractivity contribution is 4.65. The number of ether oxygens (including phenoxy) is 2. The van der Waals surface area contributed by atoms with E-state index in [1.165, 1.54) is 19.3 Å². The van der Waals surface area contributed by atoms with Crippen LogP contribution in [0, 0.1) is 0 Å². The summed E-state index contributed by atoms with van der Waals surface area (Å²) >= 11 is 0. The summed E-state index contributed by atoms with van der Waals surface area (Å²) in [5.74, 6) is 0. The highest BCUT2D eigenvalue weighted by atomic mass is 16.5. The third-order valence-corrected chi connectivity index (χ3v) is 2.93. The molecular formula is C13H27NO2. The van der Waals surface area contributed by atoms with Crippen LogP contribution in [0.15, 0.2) is 0 Å². The van der Waals surface area contributed by atoms with Gasteiger partial charge in [-0.3, -0.25) is 0 Å². The molecule has 0 aromatic heterocycles. The first-order valence-electron chi connectivity index (χ1n) is 6.65. The van der Waals surface area contributed by atoms with Crippen molar-refractivity contribution in [3.63, 3.8) is 0 Å². The highest BCUT2D eigenvalue weighted by Crippen LogP contribution is 2.13. The first kappa shape index (κ1) is 13.9. The summed E-state index contributed by atoms with van der Waals surface area (Å²) in [7, 11) is 0. The van der Waals surface area contributed by atoms with E-state index in [0.29, 0.717) is 18.2 Å². The number of hydrogen-bond donors (Lipinski definition) is 1. The fraction of sp³-hybridized carbons (Fsp3) is 1.00. The van der Waals surface area contributed by atoms with Crippen LogP contribution in [0.25, 0.3) is 0 Å². The van der Waals surface area contributed by atoms with Crippen LogP contribution in [0.5, 0.6) is 0 Å². The van der Waals surface area contributed by atoms with E-state index in [0.717, 1.165) is 26.2 Å². The largest absolute Gasteiger partial charge is 0.376 e. The van der Waals surface area contributed by atoms with Gasteiger partial charge in [-0.05, 0) is 39.2 Å². The Labute approximate surface area is 99.9 Å². The smallest absolute Gasteiger partial charge is 0.0809 e. The van der Waals surface area contributed by atoms with Crippen molar-refractivity contribution in [3.05, 3.63) is 0 Å². The fourth-order valence-electron chi connectivity index (χ4n) is 1.91. The Balaban J connectivity index is 1.91. The Bertz CT molecular complexity index is 167. The van der Waals surface area contributed by atoms with Gasteiger partial charge >= 0.3 is 0 Å². The Morgan fingerprint density at radius 2 is 2.19 bits per heavy atom. The fourth-order valence-corrected chi connectivity index (χ4v) is 1.91. The van der Waals surface area contributed by atoms with Crippen LogP contribution in [0.2, 0.25) is 0 Å². The molecule has 2 atom stereocenters. The molecule has 1 aliphatic rings. The molecule has 0 amide bonds. The van der Waals surface area contributed by atoms with Crippen molar-refractivity contribution in [1.29, 1.82) is 0 Å². The van der Waals surface area contributed by atoms with Crippen molar-refractivity contribution < 1.29 is 9.47 Å². The van der Waals surface area contributed by atoms with Crippen molar-refractivity contribution >= 4 is 0 Å². The summed E-state index contributed by atoms with van der Waals surface area (Å²) in [4.78, 5) is 0. The molecule has 1 N–H and O–H groups in total. The lowest BCUT2D eigenvalue weighted by Gasteiger charge is -2.16. The molecule has 0 aromatic carbocycles. The summed E-state index contributed by atoms with van der Waals surface area (Å²) in [6.07, 6.45) is 5.40. The van der Waals surface area contributed by atoms with Gasteiger partial charge in [0, 0.05) is 12.6 Å². The Morgan fingerprint density at radius 3 is 2.81 bits per heavy atom. The van der Waals surface area contributed by atoms with E-state index in [-0.39, 0.29) is 0 Å². The van der Waals surface area contributed by atoms with E-state index in [1.807, 2.05) is 0 Å². The average molecular weight is 229 g/mol. The maximum Gasteiger partial charge on any atom is 0.0809 e. The maximum absolute atomic E-state index is 5.78. The third kappa shape index (κ3) is 6.46. The van der Waals surface area contributed by atoms with Crippen LogP contribution < -0.4 is 5.32 Å². The van der Waals surface area contributed by atoms with Crippen LogP contribution in [0.3, 0.4) is 0 Å². The predicted octanol–water partition coefficient (Wildman–Crippen LogP) is 2.35. The Kier molecular flexibility index (Phi) is 7.01. The molecule has 96 valence electrons. The number of hydrogen-bond acceptors (Lipinski definition) is 3. The summed E-state index contributed by atoms with van der Waals surface area (Å²) in [6, 6.07) is 0.586. The summed E-state index contributed by atoms with van der Waals surface area (Å²) < 4.78 is 11.3. The molecule has 3 heteroatoms. The molecule has 0 saturated carbocycles. The lowest BCUT2D eigenvalue weighted by atomic mass is 10.2. The van der Waals surface area contributed by atoms with Crippen LogP contribution >= 0.6 is 0 Å². The molecule has 0 spiro atoms. The minimum absolute atomic E-state index is 0.358. The molecule has 1 rings (SSSR count). The van der Waals surface area contributed by atoms with E-state index in [4.69, 9.17) is 9.47 Å². The van der Waals surface area contributed by atoms with Gasteiger partial charge in [-0.2, -0.15) is 0 Å². The SMILES string of the molecule is CC(C)NCCCC(C)OCC1CCCO1. The zero-order valence-corrected chi connectivity index (χ0v) is 11.0. The maximum atomic E-state index is 5.78. The van der Waals surface area contributed by atoms with Crippen LogP contribution in [0.4, 0.5) is 0 Å². The summed E-state index contributed by atoms with van der Waals surface area (Å²) in [5.41, 5.74) is 0. The molecule has 2 unspecified atom stereocenters. The number of rotatable bonds is 8. The first-order valence-corrected chi connectivity index (χ1v) is 6.65. The minimum atomic E-state index is 0.358. The van der Waals surface area contributed by atoms with Crippen molar-refractivity contribution in [2.24, 2.45) is 0 Å². The van der Waals surface area contributed by atoms with Gasteiger partial charge in [0.25, 0.3) is 0 Å². The molecule has 0 radical (unpaired) electrons. The zero-order chi connectivity index (χ0) is 11.8. The monoisotopic (exact) mass is 229 g/mol. The summed E-state index contributed by atoms with van der Waals surface area (Å²) in [6.45, 7) is 9.30. The standard InChI is InChI=1S/C13H27NO2/c1-11(2)14-8-4-6-12(3)16-10-13-7-5-9-15-13/h11-14H,4-10H2,1-3H3. The van der Waals surface area contributed by atoms with Crippen LogP contribution in [-0.4, -0.2) is 38.0 Å². The van der Waals surface area contributed by atoms with Crippen molar-refractivity contribution in [2.75, 3.05) is 19.8 Å². The predicted molar refractivity (Wildman–Crippen MR) is 66.8 cm³/mol. The minimum Gasteiger partial charge on any atom is -0.376 e. The van der Waals surface area contributed by atoms with Gasteiger partial charge in [0.1, 0.15) is 0 Å². The van der Waals surface area contributed by atoms with E-state index < -0.39 is 0 Å². The van der Waals surface area contributed by atoms with Crippen molar-refractivity contribution in [2.45, 2.75) is 64.7 Å². The molecular weight excluding hydrogens is 202 g/mol. The second-order valence-electron chi connectivity index (χ2n) is 5.03. The van der Waals surface area contributed by atoms with Gasteiger partial charge in [0.15, 0.2) is 0 Å². The molecule has 0 bridgehead atoms. The van der Waals surface area contributed by atoms with Crippen LogP contribution in [0.1, 0.15) is 46.5 Å². The normalized spacial score (nSPS) is 22.9. The molecule has 0 aromatic rings. The van der Waals surface area contributed by atoms with Gasteiger partial charge < -0.3 is 14.8 Å². The van der Waals surface area contributed by atoms with Gasteiger partial charge in [-0.15, -0.1) is 0 Å². The van der Waals surface area contributed by atoms with Gasteiger partial charge in [-0.25, -0.2) is 0 Å². The highest BCUT2D eigenvalue weighted by Gasteiger charge is 2.16. The molecule has 0 aliphatic carbocycles. The lowest BCUT2D eigenvalue weighted by molar-refractivity contribution is -0.0169. The number of nitrogens with one attached hydrogen (secondary N) is 1. The molecule has 1 saturated heterocycles. The van der Waals surface area contributed by atoms with Gasteiger partial charge in [0.05, 0.1) is 18.8 Å².